The van der Waals surface area contributed by atoms with Crippen molar-refractivity contribution in [2.45, 2.75) is 0 Å². The summed E-state index contributed by atoms with van der Waals surface area (Å²) >= 11 is 11.6. The van der Waals surface area contributed by atoms with Crippen LogP contribution in [0.5, 0.6) is 11.5 Å². The molecule has 0 heterocycles. The van der Waals surface area contributed by atoms with Crippen LogP contribution >= 0.6 is 31.0 Å². The van der Waals surface area contributed by atoms with Gasteiger partial charge >= 0.3 is 7.82 Å². The standard InChI is InChI=1S/C12H8Cl2NO6P/c13-10-6-8(15(16)17)7-11(14)12(10)21-22(18,19)20-9-4-2-1-3-5-9/h1-7H,(H,18,19). The van der Waals surface area contributed by atoms with Gasteiger partial charge in [-0.3, -0.25) is 15.0 Å². The van der Waals surface area contributed by atoms with Gasteiger partial charge in [0.05, 0.1) is 15.0 Å². The molecule has 116 valence electrons. The van der Waals surface area contributed by atoms with Crippen LogP contribution in [-0.2, 0) is 4.57 Å². The molecule has 0 fully saturated rings. The lowest BCUT2D eigenvalue weighted by molar-refractivity contribution is -0.384. The highest BCUT2D eigenvalue weighted by Crippen LogP contribution is 2.49. The first-order chi connectivity index (χ1) is 10.3. The minimum absolute atomic E-state index is 0.0995. The Morgan fingerprint density at radius 3 is 2.14 bits per heavy atom. The van der Waals surface area contributed by atoms with Crippen LogP contribution in [0.4, 0.5) is 5.69 Å². The van der Waals surface area contributed by atoms with Gasteiger partial charge in [0.1, 0.15) is 5.75 Å². The van der Waals surface area contributed by atoms with Crippen LogP contribution in [0, 0.1) is 10.1 Å². The topological polar surface area (TPSA) is 98.9 Å². The molecule has 1 unspecified atom stereocenters. The molecule has 0 saturated carbocycles. The summed E-state index contributed by atoms with van der Waals surface area (Å²) in [4.78, 5) is 19.7. The molecule has 22 heavy (non-hydrogen) atoms. The van der Waals surface area contributed by atoms with Crippen molar-refractivity contribution in [1.82, 2.24) is 0 Å². The van der Waals surface area contributed by atoms with Crippen molar-refractivity contribution >= 4 is 36.7 Å². The van der Waals surface area contributed by atoms with Crippen LogP contribution in [0.2, 0.25) is 10.0 Å². The summed E-state index contributed by atoms with van der Waals surface area (Å²) in [6, 6.07) is 9.69. The molecule has 0 amide bonds. The Bertz CT molecular complexity index is 732. The second-order valence-electron chi connectivity index (χ2n) is 3.96. The molecule has 7 nitrogen and oxygen atoms in total. The number of non-ortho nitro benzene ring substituents is 1. The Morgan fingerprint density at radius 2 is 1.64 bits per heavy atom. The maximum absolute atomic E-state index is 11.9. The number of nitro groups is 1. The highest BCUT2D eigenvalue weighted by Gasteiger charge is 2.28. The highest BCUT2D eigenvalue weighted by atomic mass is 35.5. The minimum atomic E-state index is -4.57. The minimum Gasteiger partial charge on any atom is -0.395 e. The van der Waals surface area contributed by atoms with E-state index in [2.05, 4.69) is 0 Å². The van der Waals surface area contributed by atoms with E-state index < -0.39 is 12.7 Å². The van der Waals surface area contributed by atoms with E-state index in [9.17, 15) is 19.6 Å². The van der Waals surface area contributed by atoms with E-state index in [0.29, 0.717) is 0 Å². The van der Waals surface area contributed by atoms with Crippen molar-refractivity contribution in [2.75, 3.05) is 0 Å². The molecule has 0 saturated heterocycles. The van der Waals surface area contributed by atoms with Gasteiger partial charge in [-0.05, 0) is 12.1 Å². The zero-order valence-electron chi connectivity index (χ0n) is 10.7. The fraction of sp³-hybridized carbons (Fsp3) is 0. The maximum atomic E-state index is 11.9. The molecule has 10 heteroatoms. The normalized spacial score (nSPS) is 13.2. The van der Waals surface area contributed by atoms with E-state index in [4.69, 9.17) is 32.2 Å². The molecule has 1 atom stereocenters. The Labute approximate surface area is 134 Å². The zero-order valence-corrected chi connectivity index (χ0v) is 13.1. The quantitative estimate of drug-likeness (QED) is 0.478. The molecule has 0 aliphatic carbocycles. The predicted octanol–water partition coefficient (Wildman–Crippen LogP) is 4.46. The van der Waals surface area contributed by atoms with Crippen molar-refractivity contribution in [1.29, 1.82) is 0 Å². The lowest BCUT2D eigenvalue weighted by atomic mass is 10.3. The smallest absolute Gasteiger partial charge is 0.395 e. The van der Waals surface area contributed by atoms with Gasteiger partial charge in [-0.15, -0.1) is 0 Å². The molecule has 2 aromatic rings. The second-order valence-corrected chi connectivity index (χ2v) is 6.08. The van der Waals surface area contributed by atoms with Gasteiger partial charge in [0.25, 0.3) is 5.69 Å². The fourth-order valence-electron chi connectivity index (χ4n) is 1.49. The monoisotopic (exact) mass is 363 g/mol. The molecule has 0 aliphatic rings. The van der Waals surface area contributed by atoms with E-state index in [0.717, 1.165) is 12.1 Å². The fourth-order valence-corrected chi connectivity index (χ4v) is 3.00. The third kappa shape index (κ3) is 4.11. The third-order valence-electron chi connectivity index (χ3n) is 2.36. The Balaban J connectivity index is 2.26. The summed E-state index contributed by atoms with van der Waals surface area (Å²) in [5.41, 5.74) is -0.376. The summed E-state index contributed by atoms with van der Waals surface area (Å²) in [6.45, 7) is 0. The van der Waals surface area contributed by atoms with Gasteiger partial charge < -0.3 is 9.05 Å². The average molecular weight is 364 g/mol. The lowest BCUT2D eigenvalue weighted by Crippen LogP contribution is -2.01. The number of hydrogen-bond acceptors (Lipinski definition) is 5. The van der Waals surface area contributed by atoms with Gasteiger partial charge in [0.2, 0.25) is 0 Å². The van der Waals surface area contributed by atoms with Crippen LogP contribution in [-0.4, -0.2) is 9.82 Å². The van der Waals surface area contributed by atoms with E-state index in [1.807, 2.05) is 0 Å². The second kappa shape index (κ2) is 6.54. The molecular formula is C12H8Cl2NO6P. The summed E-state index contributed by atoms with van der Waals surface area (Å²) in [6.07, 6.45) is 0. The van der Waals surface area contributed by atoms with Crippen LogP contribution in [0.25, 0.3) is 0 Å². The summed E-state index contributed by atoms with van der Waals surface area (Å²) in [7, 11) is -4.57. The molecule has 1 N–H and O–H groups in total. The number of hydrogen-bond donors (Lipinski definition) is 1. The van der Waals surface area contributed by atoms with Gasteiger partial charge in [-0.2, -0.15) is 0 Å². The number of nitro benzene ring substituents is 1. The van der Waals surface area contributed by atoms with Crippen molar-refractivity contribution < 1.29 is 23.4 Å². The number of phosphoric acid groups is 1. The first kappa shape index (κ1) is 16.6. The number of rotatable bonds is 5. The largest absolute Gasteiger partial charge is 0.585 e. The lowest BCUT2D eigenvalue weighted by Gasteiger charge is -2.15. The molecular weight excluding hydrogens is 356 g/mol. The average Bonchev–Trinajstić information content (AvgIpc) is 2.43. The Hall–Kier alpha value is -1.79. The molecule has 0 spiro atoms. The van der Waals surface area contributed by atoms with Crippen LogP contribution < -0.4 is 9.05 Å². The van der Waals surface area contributed by atoms with Crippen LogP contribution in [0.3, 0.4) is 0 Å². The molecule has 2 aromatic carbocycles. The summed E-state index contributed by atoms with van der Waals surface area (Å²) < 4.78 is 21.6. The van der Waals surface area contributed by atoms with E-state index >= 15 is 0 Å². The highest BCUT2D eigenvalue weighted by molar-refractivity contribution is 7.48. The van der Waals surface area contributed by atoms with Crippen LogP contribution in [0.15, 0.2) is 42.5 Å². The van der Waals surface area contributed by atoms with Gasteiger partial charge in [-0.1, -0.05) is 41.4 Å². The predicted molar refractivity (Wildman–Crippen MR) is 80.6 cm³/mol. The third-order valence-corrected chi connectivity index (χ3v) is 3.78. The van der Waals surface area contributed by atoms with Crippen LogP contribution in [0.1, 0.15) is 0 Å². The molecule has 0 radical (unpaired) electrons. The van der Waals surface area contributed by atoms with Gasteiger partial charge in [0.15, 0.2) is 5.75 Å². The van der Waals surface area contributed by atoms with Gasteiger partial charge in [-0.25, -0.2) is 4.57 Å². The first-order valence-corrected chi connectivity index (χ1v) is 7.94. The van der Waals surface area contributed by atoms with Crippen molar-refractivity contribution in [2.24, 2.45) is 0 Å². The number of nitrogens with zero attached hydrogens (tertiary/aromatic N) is 1. The number of phosphoric ester groups is 1. The number of benzene rings is 2. The SMILES string of the molecule is O=[N+]([O-])c1cc(Cl)c(OP(=O)(O)Oc2ccccc2)c(Cl)c1. The number of halogens is 2. The first-order valence-electron chi connectivity index (χ1n) is 5.69. The van der Waals surface area contributed by atoms with Crippen molar-refractivity contribution in [3.63, 3.8) is 0 Å². The Kier molecular flexibility index (Phi) is 4.93. The molecule has 0 aliphatic heterocycles. The van der Waals surface area contributed by atoms with E-state index in [-0.39, 0.29) is 27.2 Å². The zero-order chi connectivity index (χ0) is 16.3. The van der Waals surface area contributed by atoms with E-state index in [1.54, 1.807) is 18.2 Å². The number of para-hydroxylation sites is 1. The van der Waals surface area contributed by atoms with Crippen molar-refractivity contribution in [3.05, 3.63) is 62.6 Å². The summed E-state index contributed by atoms with van der Waals surface area (Å²) in [5.74, 6) is -0.279. The van der Waals surface area contributed by atoms with Crippen molar-refractivity contribution in [3.8, 4) is 11.5 Å². The molecule has 0 aromatic heterocycles. The Morgan fingerprint density at radius 1 is 1.09 bits per heavy atom. The summed E-state index contributed by atoms with van der Waals surface area (Å²) in [5, 5.41) is 10.1. The molecule has 0 bridgehead atoms. The van der Waals surface area contributed by atoms with Gasteiger partial charge in [0, 0.05) is 12.1 Å². The molecule has 2 rings (SSSR count). The maximum Gasteiger partial charge on any atom is 0.585 e. The van der Waals surface area contributed by atoms with E-state index in [1.165, 1.54) is 12.1 Å².